The van der Waals surface area contributed by atoms with Gasteiger partial charge in [-0.25, -0.2) is 0 Å². The molecule has 0 radical (unpaired) electrons. The third-order valence-electron chi connectivity index (χ3n) is 2.20. The molecule has 0 bridgehead atoms. The van der Waals surface area contributed by atoms with Crippen LogP contribution in [0, 0.1) is 0 Å². The zero-order valence-corrected chi connectivity index (χ0v) is 7.83. The van der Waals surface area contributed by atoms with Gasteiger partial charge in [-0.2, -0.15) is 0 Å². The van der Waals surface area contributed by atoms with E-state index in [1.807, 2.05) is 0 Å². The van der Waals surface area contributed by atoms with Crippen molar-refractivity contribution in [1.82, 2.24) is 10.2 Å². The number of nitrogens with one attached hydrogen (secondary N) is 1. The molecule has 2 atom stereocenters. The molecule has 3 amide bonds. The van der Waals surface area contributed by atoms with Gasteiger partial charge in [0.05, 0.1) is 0 Å². The van der Waals surface area contributed by atoms with Crippen molar-refractivity contribution in [1.29, 1.82) is 0 Å². The second-order valence-electron chi connectivity index (χ2n) is 3.13. The van der Waals surface area contributed by atoms with E-state index in [4.69, 9.17) is 0 Å². The van der Waals surface area contributed by atoms with Crippen molar-refractivity contribution in [3.05, 3.63) is 0 Å². The zero-order valence-electron chi connectivity index (χ0n) is 7.83. The monoisotopic (exact) mass is 184 g/mol. The van der Waals surface area contributed by atoms with Crippen LogP contribution in [0.15, 0.2) is 0 Å². The van der Waals surface area contributed by atoms with E-state index >= 15 is 0 Å². The molecule has 1 heterocycles. The van der Waals surface area contributed by atoms with E-state index in [0.29, 0.717) is 0 Å². The van der Waals surface area contributed by atoms with E-state index in [0.717, 1.165) is 0 Å². The summed E-state index contributed by atoms with van der Waals surface area (Å²) in [6.07, 6.45) is 0. The van der Waals surface area contributed by atoms with Crippen LogP contribution < -0.4 is 5.32 Å². The van der Waals surface area contributed by atoms with Crippen LogP contribution in [0.25, 0.3) is 0 Å². The molecular formula is C8H12N2O3. The Labute approximate surface area is 76.1 Å². The minimum absolute atomic E-state index is 0.261. The van der Waals surface area contributed by atoms with Gasteiger partial charge in [0.15, 0.2) is 0 Å². The van der Waals surface area contributed by atoms with Gasteiger partial charge in [0.2, 0.25) is 17.7 Å². The van der Waals surface area contributed by atoms with Crippen molar-refractivity contribution in [2.45, 2.75) is 32.9 Å². The van der Waals surface area contributed by atoms with Gasteiger partial charge < -0.3 is 4.90 Å². The van der Waals surface area contributed by atoms with Crippen molar-refractivity contribution in [2.75, 3.05) is 0 Å². The minimum atomic E-state index is -0.565. The van der Waals surface area contributed by atoms with Crippen molar-refractivity contribution in [3.63, 3.8) is 0 Å². The second-order valence-corrected chi connectivity index (χ2v) is 3.13. The maximum absolute atomic E-state index is 11.1. The number of amides is 3. The summed E-state index contributed by atoms with van der Waals surface area (Å²) < 4.78 is 0. The Balaban J connectivity index is 2.95. The highest BCUT2D eigenvalue weighted by atomic mass is 16.2. The van der Waals surface area contributed by atoms with E-state index < -0.39 is 23.9 Å². The quantitative estimate of drug-likeness (QED) is 0.505. The number of nitrogens with zero attached hydrogens (tertiary/aromatic N) is 1. The van der Waals surface area contributed by atoms with Crippen LogP contribution in [0.3, 0.4) is 0 Å². The molecule has 0 aromatic carbocycles. The highest BCUT2D eigenvalue weighted by Crippen LogP contribution is 2.11. The molecule has 5 nitrogen and oxygen atoms in total. The van der Waals surface area contributed by atoms with Gasteiger partial charge >= 0.3 is 0 Å². The van der Waals surface area contributed by atoms with Gasteiger partial charge in [-0.05, 0) is 13.8 Å². The van der Waals surface area contributed by atoms with Crippen molar-refractivity contribution in [2.24, 2.45) is 0 Å². The molecular weight excluding hydrogens is 172 g/mol. The van der Waals surface area contributed by atoms with E-state index in [1.165, 1.54) is 11.8 Å². The van der Waals surface area contributed by atoms with Gasteiger partial charge in [0, 0.05) is 6.92 Å². The molecule has 1 aliphatic rings. The summed E-state index contributed by atoms with van der Waals surface area (Å²) in [6.45, 7) is 4.54. The Bertz CT molecular complexity index is 255. The summed E-state index contributed by atoms with van der Waals surface area (Å²) in [7, 11) is 0. The number of hydrogen-bond acceptors (Lipinski definition) is 3. The lowest BCUT2D eigenvalue weighted by atomic mass is 10.1. The van der Waals surface area contributed by atoms with E-state index in [-0.39, 0.29) is 5.91 Å². The highest BCUT2D eigenvalue weighted by Gasteiger charge is 2.37. The summed E-state index contributed by atoms with van der Waals surface area (Å²) in [6, 6.07) is -1.13. The molecule has 1 aliphatic heterocycles. The molecule has 13 heavy (non-hydrogen) atoms. The molecule has 72 valence electrons. The summed E-state index contributed by atoms with van der Waals surface area (Å²) in [5.41, 5.74) is 0. The molecule has 1 N–H and O–H groups in total. The van der Waals surface area contributed by atoms with Crippen LogP contribution in [0.2, 0.25) is 0 Å². The Morgan fingerprint density at radius 1 is 1.23 bits per heavy atom. The predicted octanol–water partition coefficient (Wildman–Crippen LogP) is -0.732. The van der Waals surface area contributed by atoms with Crippen LogP contribution >= 0.6 is 0 Å². The number of carbonyl (C=O) groups excluding carboxylic acids is 3. The second kappa shape index (κ2) is 3.16. The fraction of sp³-hybridized carbons (Fsp3) is 0.625. The lowest BCUT2D eigenvalue weighted by Gasteiger charge is -2.36. The number of carbonyl (C=O) groups is 3. The van der Waals surface area contributed by atoms with Crippen LogP contribution in [0.5, 0.6) is 0 Å². The van der Waals surface area contributed by atoms with Crippen LogP contribution in [-0.4, -0.2) is 34.7 Å². The average Bonchev–Trinajstić information content (AvgIpc) is 2.01. The molecule has 0 aromatic rings. The zero-order chi connectivity index (χ0) is 10.2. The minimum Gasteiger partial charge on any atom is -0.319 e. The Morgan fingerprint density at radius 2 is 1.62 bits per heavy atom. The average molecular weight is 184 g/mol. The lowest BCUT2D eigenvalue weighted by Crippen LogP contribution is -2.62. The molecule has 5 heteroatoms. The van der Waals surface area contributed by atoms with Gasteiger partial charge in [-0.15, -0.1) is 0 Å². The van der Waals surface area contributed by atoms with Gasteiger partial charge in [-0.3, -0.25) is 19.7 Å². The molecule has 1 saturated heterocycles. The molecule has 1 rings (SSSR count). The Morgan fingerprint density at radius 3 is 1.92 bits per heavy atom. The third-order valence-corrected chi connectivity index (χ3v) is 2.20. The number of hydrogen-bond donors (Lipinski definition) is 1. The highest BCUT2D eigenvalue weighted by molar-refractivity contribution is 6.05. The molecule has 0 spiro atoms. The smallest absolute Gasteiger partial charge is 0.249 e. The molecule has 0 saturated carbocycles. The first kappa shape index (κ1) is 9.70. The Hall–Kier alpha value is -1.39. The fourth-order valence-corrected chi connectivity index (χ4v) is 1.46. The van der Waals surface area contributed by atoms with Crippen LogP contribution in [0.1, 0.15) is 20.8 Å². The summed E-state index contributed by atoms with van der Waals surface area (Å²) in [5.74, 6) is -1.10. The lowest BCUT2D eigenvalue weighted by molar-refractivity contribution is -0.152. The van der Waals surface area contributed by atoms with Crippen LogP contribution in [0.4, 0.5) is 0 Å². The molecule has 2 unspecified atom stereocenters. The topological polar surface area (TPSA) is 66.5 Å². The van der Waals surface area contributed by atoms with E-state index in [9.17, 15) is 14.4 Å². The molecule has 0 aliphatic carbocycles. The number of rotatable bonds is 0. The van der Waals surface area contributed by atoms with Gasteiger partial charge in [-0.1, -0.05) is 0 Å². The van der Waals surface area contributed by atoms with Crippen molar-refractivity contribution < 1.29 is 14.4 Å². The standard InChI is InChI=1S/C8H12N2O3/c1-4-7(12)9-8(13)5(2)10(4)6(3)11/h4-5H,1-3H3,(H,9,12,13). The van der Waals surface area contributed by atoms with Crippen LogP contribution in [-0.2, 0) is 14.4 Å². The van der Waals surface area contributed by atoms with Crippen molar-refractivity contribution >= 4 is 17.7 Å². The normalized spacial score (nSPS) is 28.7. The first-order chi connectivity index (χ1) is 5.95. The maximum Gasteiger partial charge on any atom is 0.249 e. The molecule has 1 fully saturated rings. The first-order valence-corrected chi connectivity index (χ1v) is 4.08. The van der Waals surface area contributed by atoms with Crippen molar-refractivity contribution in [3.8, 4) is 0 Å². The van der Waals surface area contributed by atoms with Gasteiger partial charge in [0.1, 0.15) is 12.1 Å². The summed E-state index contributed by atoms with van der Waals surface area (Å²) >= 11 is 0. The maximum atomic E-state index is 11.1. The largest absolute Gasteiger partial charge is 0.319 e. The SMILES string of the molecule is CC(=O)N1C(C)C(=O)NC(=O)C1C. The predicted molar refractivity (Wildman–Crippen MR) is 44.6 cm³/mol. The first-order valence-electron chi connectivity index (χ1n) is 4.08. The Kier molecular flexibility index (Phi) is 2.36. The fourth-order valence-electron chi connectivity index (χ4n) is 1.46. The third kappa shape index (κ3) is 1.54. The molecule has 0 aromatic heterocycles. The van der Waals surface area contributed by atoms with E-state index in [2.05, 4.69) is 5.32 Å². The van der Waals surface area contributed by atoms with E-state index in [1.54, 1.807) is 13.8 Å². The number of piperazine rings is 1. The van der Waals surface area contributed by atoms with Gasteiger partial charge in [0.25, 0.3) is 0 Å². The summed E-state index contributed by atoms with van der Waals surface area (Å²) in [5, 5.41) is 2.19. The summed E-state index contributed by atoms with van der Waals surface area (Å²) in [4.78, 5) is 34.7. The number of imide groups is 1.